The van der Waals surface area contributed by atoms with Gasteiger partial charge in [0.25, 0.3) is 0 Å². The van der Waals surface area contributed by atoms with Crippen LogP contribution in [0.4, 0.5) is 5.82 Å². The fourth-order valence-electron chi connectivity index (χ4n) is 4.13. The van der Waals surface area contributed by atoms with E-state index in [-0.39, 0.29) is 12.1 Å². The molecule has 1 fully saturated rings. The molecule has 1 aliphatic rings. The number of fused-ring (bicyclic) bond motifs is 2. The van der Waals surface area contributed by atoms with E-state index in [1.165, 1.54) is 6.33 Å². The maximum Gasteiger partial charge on any atom is 0.164 e. The molecule has 0 spiro atoms. The first-order valence-electron chi connectivity index (χ1n) is 10.2. The SMILES string of the molecule is Nc1ncnc2c1c(-c1ccc3ccc(-c4ccccn4)nc3c1)nn2C1CC(O)C1. The van der Waals surface area contributed by atoms with Crippen molar-refractivity contribution in [3.05, 3.63) is 61.1 Å². The van der Waals surface area contributed by atoms with Crippen molar-refractivity contribution in [2.24, 2.45) is 0 Å². The van der Waals surface area contributed by atoms with Crippen LogP contribution in [0.2, 0.25) is 0 Å². The lowest BCUT2D eigenvalue weighted by Crippen LogP contribution is -2.31. The average molecular weight is 409 g/mol. The van der Waals surface area contributed by atoms with Crippen LogP contribution in [-0.2, 0) is 0 Å². The topological polar surface area (TPSA) is 116 Å². The molecule has 31 heavy (non-hydrogen) atoms. The first-order valence-corrected chi connectivity index (χ1v) is 10.2. The summed E-state index contributed by atoms with van der Waals surface area (Å²) >= 11 is 0. The average Bonchev–Trinajstić information content (AvgIpc) is 3.17. The van der Waals surface area contributed by atoms with Crippen LogP contribution in [0.3, 0.4) is 0 Å². The van der Waals surface area contributed by atoms with Crippen molar-refractivity contribution in [3.8, 4) is 22.6 Å². The molecule has 5 aromatic rings. The third-order valence-electron chi connectivity index (χ3n) is 5.85. The Morgan fingerprint density at radius 3 is 2.65 bits per heavy atom. The zero-order valence-corrected chi connectivity index (χ0v) is 16.6. The number of aliphatic hydroxyl groups is 1. The van der Waals surface area contributed by atoms with E-state index in [2.05, 4.69) is 15.0 Å². The molecule has 0 radical (unpaired) electrons. The number of nitrogens with zero attached hydrogens (tertiary/aromatic N) is 6. The van der Waals surface area contributed by atoms with Gasteiger partial charge in [0.05, 0.1) is 34.4 Å². The quantitative estimate of drug-likeness (QED) is 0.469. The van der Waals surface area contributed by atoms with Gasteiger partial charge in [0, 0.05) is 17.1 Å². The number of anilines is 1. The number of rotatable bonds is 3. The van der Waals surface area contributed by atoms with Crippen LogP contribution in [0.25, 0.3) is 44.6 Å². The molecule has 152 valence electrons. The van der Waals surface area contributed by atoms with E-state index in [0.29, 0.717) is 24.3 Å². The van der Waals surface area contributed by atoms with Gasteiger partial charge >= 0.3 is 0 Å². The summed E-state index contributed by atoms with van der Waals surface area (Å²) in [5.74, 6) is 0.390. The molecule has 0 atom stereocenters. The summed E-state index contributed by atoms with van der Waals surface area (Å²) in [4.78, 5) is 17.8. The summed E-state index contributed by atoms with van der Waals surface area (Å²) in [6.45, 7) is 0. The van der Waals surface area contributed by atoms with Gasteiger partial charge in [-0.2, -0.15) is 5.10 Å². The minimum Gasteiger partial charge on any atom is -0.393 e. The normalized spacial score (nSPS) is 18.4. The van der Waals surface area contributed by atoms with Crippen LogP contribution >= 0.6 is 0 Å². The van der Waals surface area contributed by atoms with E-state index in [4.69, 9.17) is 15.8 Å². The fraction of sp³-hybridized carbons (Fsp3) is 0.174. The van der Waals surface area contributed by atoms with Gasteiger partial charge in [-0.05, 0) is 37.1 Å². The van der Waals surface area contributed by atoms with Gasteiger partial charge < -0.3 is 10.8 Å². The molecule has 1 aliphatic carbocycles. The third kappa shape index (κ3) is 2.91. The van der Waals surface area contributed by atoms with Gasteiger partial charge in [-0.1, -0.05) is 24.3 Å². The third-order valence-corrected chi connectivity index (χ3v) is 5.85. The van der Waals surface area contributed by atoms with Gasteiger partial charge in [-0.15, -0.1) is 0 Å². The fourth-order valence-corrected chi connectivity index (χ4v) is 4.13. The van der Waals surface area contributed by atoms with Gasteiger partial charge in [-0.3, -0.25) is 4.98 Å². The van der Waals surface area contributed by atoms with Crippen molar-refractivity contribution in [1.29, 1.82) is 0 Å². The summed E-state index contributed by atoms with van der Waals surface area (Å²) in [6, 6.07) is 15.9. The number of benzene rings is 1. The molecule has 1 aromatic carbocycles. The van der Waals surface area contributed by atoms with E-state index in [0.717, 1.165) is 38.9 Å². The lowest BCUT2D eigenvalue weighted by atomic mass is 9.90. The van der Waals surface area contributed by atoms with Crippen molar-refractivity contribution in [3.63, 3.8) is 0 Å². The Labute approximate surface area is 177 Å². The second kappa shape index (κ2) is 6.82. The molecule has 0 amide bonds. The maximum absolute atomic E-state index is 9.76. The van der Waals surface area contributed by atoms with E-state index in [1.54, 1.807) is 6.20 Å². The highest BCUT2D eigenvalue weighted by molar-refractivity contribution is 6.00. The molecule has 4 aromatic heterocycles. The lowest BCUT2D eigenvalue weighted by Gasteiger charge is -2.31. The molecule has 6 rings (SSSR count). The van der Waals surface area contributed by atoms with Crippen LogP contribution in [0.5, 0.6) is 0 Å². The van der Waals surface area contributed by atoms with Crippen LogP contribution in [0, 0.1) is 0 Å². The highest BCUT2D eigenvalue weighted by atomic mass is 16.3. The number of hydrogen-bond donors (Lipinski definition) is 2. The second-order valence-corrected chi connectivity index (χ2v) is 7.85. The number of aromatic nitrogens is 6. The molecule has 0 bridgehead atoms. The summed E-state index contributed by atoms with van der Waals surface area (Å²) in [6.07, 6.45) is 4.24. The van der Waals surface area contributed by atoms with Crippen molar-refractivity contribution >= 4 is 27.8 Å². The van der Waals surface area contributed by atoms with E-state index >= 15 is 0 Å². The Bertz CT molecular complexity index is 1420. The number of aliphatic hydroxyl groups excluding tert-OH is 1. The monoisotopic (exact) mass is 409 g/mol. The Morgan fingerprint density at radius 2 is 1.84 bits per heavy atom. The first kappa shape index (κ1) is 17.9. The summed E-state index contributed by atoms with van der Waals surface area (Å²) in [5, 5.41) is 16.4. The summed E-state index contributed by atoms with van der Waals surface area (Å²) < 4.78 is 1.87. The Kier molecular flexibility index (Phi) is 3.94. The first-order chi connectivity index (χ1) is 15.2. The molecule has 4 heterocycles. The second-order valence-electron chi connectivity index (χ2n) is 7.85. The van der Waals surface area contributed by atoms with Crippen LogP contribution in [-0.4, -0.2) is 40.9 Å². The zero-order chi connectivity index (χ0) is 20.9. The van der Waals surface area contributed by atoms with Gasteiger partial charge in [0.2, 0.25) is 0 Å². The summed E-state index contributed by atoms with van der Waals surface area (Å²) in [7, 11) is 0. The molecule has 3 N–H and O–H groups in total. The molecule has 0 unspecified atom stereocenters. The molecule has 0 saturated heterocycles. The van der Waals surface area contributed by atoms with E-state index in [1.807, 2.05) is 53.2 Å². The van der Waals surface area contributed by atoms with Crippen molar-refractivity contribution in [1.82, 2.24) is 29.7 Å². The molecular weight excluding hydrogens is 390 g/mol. The maximum atomic E-state index is 9.76. The minimum atomic E-state index is -0.290. The standard InChI is InChI=1S/C23H19N7O/c24-22-20-21(29-30(15-10-16(31)11-15)23(20)27-12-26-22)14-5-4-13-6-7-18(28-19(13)9-14)17-3-1-2-8-25-17/h1-9,12,15-16,31H,10-11H2,(H2,24,26,27). The highest BCUT2D eigenvalue weighted by Gasteiger charge is 2.32. The van der Waals surface area contributed by atoms with Crippen LogP contribution in [0.15, 0.2) is 61.1 Å². The van der Waals surface area contributed by atoms with E-state index < -0.39 is 0 Å². The van der Waals surface area contributed by atoms with Crippen LogP contribution < -0.4 is 5.73 Å². The molecule has 8 heteroatoms. The molecule has 8 nitrogen and oxygen atoms in total. The smallest absolute Gasteiger partial charge is 0.164 e. The largest absolute Gasteiger partial charge is 0.393 e. The van der Waals surface area contributed by atoms with Gasteiger partial charge in [0.15, 0.2) is 5.65 Å². The number of nitrogens with two attached hydrogens (primary N) is 1. The molecule has 1 saturated carbocycles. The van der Waals surface area contributed by atoms with Crippen molar-refractivity contribution < 1.29 is 5.11 Å². The summed E-state index contributed by atoms with van der Waals surface area (Å²) in [5.41, 5.74) is 11.0. The lowest BCUT2D eigenvalue weighted by molar-refractivity contribution is 0.0452. The predicted octanol–water partition coefficient (Wildman–Crippen LogP) is 3.38. The molecule has 0 aliphatic heterocycles. The number of hydrogen-bond acceptors (Lipinski definition) is 7. The van der Waals surface area contributed by atoms with Crippen molar-refractivity contribution in [2.75, 3.05) is 5.73 Å². The van der Waals surface area contributed by atoms with Crippen LogP contribution in [0.1, 0.15) is 18.9 Å². The number of pyridine rings is 2. The van der Waals surface area contributed by atoms with E-state index in [9.17, 15) is 5.11 Å². The Balaban J connectivity index is 1.51. The number of nitrogen functional groups attached to an aromatic ring is 1. The predicted molar refractivity (Wildman–Crippen MR) is 118 cm³/mol. The Morgan fingerprint density at radius 1 is 0.968 bits per heavy atom. The van der Waals surface area contributed by atoms with Crippen molar-refractivity contribution in [2.45, 2.75) is 25.0 Å². The Hall–Kier alpha value is -3.91. The zero-order valence-electron chi connectivity index (χ0n) is 16.6. The molecular formula is C23H19N7O. The minimum absolute atomic E-state index is 0.106. The van der Waals surface area contributed by atoms with Gasteiger partial charge in [0.1, 0.15) is 17.8 Å². The highest BCUT2D eigenvalue weighted by Crippen LogP contribution is 2.38. The van der Waals surface area contributed by atoms with Gasteiger partial charge in [-0.25, -0.2) is 19.6 Å².